The summed E-state index contributed by atoms with van der Waals surface area (Å²) >= 11 is 0. The van der Waals surface area contributed by atoms with Crippen molar-refractivity contribution in [1.29, 1.82) is 0 Å². The summed E-state index contributed by atoms with van der Waals surface area (Å²) in [5.74, 6) is 1.75. The largest absolute Gasteiger partial charge is 0.497 e. The molecule has 2 atom stereocenters. The van der Waals surface area contributed by atoms with Crippen molar-refractivity contribution in [2.24, 2.45) is 17.8 Å². The van der Waals surface area contributed by atoms with Crippen molar-refractivity contribution in [2.75, 3.05) is 33.9 Å². The zero-order chi connectivity index (χ0) is 29.2. The molecule has 1 aliphatic carbocycles. The van der Waals surface area contributed by atoms with Crippen LogP contribution < -0.4 is 10.1 Å². The minimum Gasteiger partial charge on any atom is -0.497 e. The Balaban J connectivity index is 0.00000495. The molecule has 1 aromatic rings. The highest BCUT2D eigenvalue weighted by Crippen LogP contribution is 2.32. The van der Waals surface area contributed by atoms with Crippen LogP contribution in [0.5, 0.6) is 5.75 Å². The highest BCUT2D eigenvalue weighted by molar-refractivity contribution is 5.95. The third kappa shape index (κ3) is 13.0. The maximum absolute atomic E-state index is 13.8. The van der Waals surface area contributed by atoms with Gasteiger partial charge < -0.3 is 19.7 Å². The number of methoxy groups -OCH3 is 2. The lowest BCUT2D eigenvalue weighted by molar-refractivity contribution is -0.125. The van der Waals surface area contributed by atoms with E-state index in [4.69, 9.17) is 9.47 Å². The van der Waals surface area contributed by atoms with Gasteiger partial charge in [-0.3, -0.25) is 9.59 Å². The van der Waals surface area contributed by atoms with Gasteiger partial charge in [-0.1, -0.05) is 60.1 Å². The minimum absolute atomic E-state index is 0. The molecule has 1 N–H and O–H groups in total. The zero-order valence-electron chi connectivity index (χ0n) is 26.1. The SMILES string of the molecule is CC.CC[C@H](C[C@@H](CC)C(=O)NCCC(C)C)CN(C(=O)c1cc(/C=C\CCCOC)cc(OC)c1)C1CC1.[HH]. The van der Waals surface area contributed by atoms with Crippen molar-refractivity contribution >= 4 is 17.9 Å². The van der Waals surface area contributed by atoms with Gasteiger partial charge in [0.25, 0.3) is 5.91 Å². The normalized spacial score (nSPS) is 14.5. The molecule has 6 nitrogen and oxygen atoms in total. The van der Waals surface area contributed by atoms with Crippen molar-refractivity contribution in [3.8, 4) is 5.75 Å². The van der Waals surface area contributed by atoms with Crippen molar-refractivity contribution < 1.29 is 20.5 Å². The number of allylic oxidation sites excluding steroid dienone is 1. The first kappa shape index (κ1) is 34.7. The molecule has 39 heavy (non-hydrogen) atoms. The van der Waals surface area contributed by atoms with Gasteiger partial charge >= 0.3 is 0 Å². The molecule has 0 spiro atoms. The summed E-state index contributed by atoms with van der Waals surface area (Å²) in [7, 11) is 3.35. The van der Waals surface area contributed by atoms with Crippen LogP contribution in [0.25, 0.3) is 6.08 Å². The Labute approximate surface area is 240 Å². The van der Waals surface area contributed by atoms with E-state index in [0.717, 1.165) is 70.1 Å². The summed E-state index contributed by atoms with van der Waals surface area (Å²) in [4.78, 5) is 28.6. The van der Waals surface area contributed by atoms with E-state index >= 15 is 0 Å². The Morgan fingerprint density at radius 2 is 1.85 bits per heavy atom. The number of benzene rings is 1. The molecule has 1 aromatic carbocycles. The van der Waals surface area contributed by atoms with E-state index in [1.165, 1.54) is 0 Å². The summed E-state index contributed by atoms with van der Waals surface area (Å²) in [6.07, 6.45) is 11.7. The number of ether oxygens (including phenoxy) is 2. The topological polar surface area (TPSA) is 67.9 Å². The molecule has 2 rings (SSSR count). The van der Waals surface area contributed by atoms with Crippen molar-refractivity contribution in [3.05, 3.63) is 35.4 Å². The van der Waals surface area contributed by atoms with Crippen LogP contribution in [0.3, 0.4) is 0 Å². The lowest BCUT2D eigenvalue weighted by Gasteiger charge is -2.29. The second-order valence-corrected chi connectivity index (χ2v) is 10.8. The maximum atomic E-state index is 13.8. The molecule has 224 valence electrons. The summed E-state index contributed by atoms with van der Waals surface area (Å²) in [6.45, 7) is 14.8. The highest BCUT2D eigenvalue weighted by atomic mass is 16.5. The fraction of sp³-hybridized carbons (Fsp3) is 0.697. The number of carbonyl (C=O) groups excluding carboxylic acids is 2. The average Bonchev–Trinajstić information content (AvgIpc) is 3.79. The number of hydrogen-bond acceptors (Lipinski definition) is 4. The van der Waals surface area contributed by atoms with Gasteiger partial charge in [0, 0.05) is 45.8 Å². The quantitative estimate of drug-likeness (QED) is 0.192. The third-order valence-electron chi connectivity index (χ3n) is 7.22. The van der Waals surface area contributed by atoms with Gasteiger partial charge in [0.1, 0.15) is 5.75 Å². The van der Waals surface area contributed by atoms with Gasteiger partial charge in [-0.15, -0.1) is 0 Å². The molecule has 0 unspecified atom stereocenters. The van der Waals surface area contributed by atoms with Crippen LogP contribution in [-0.2, 0) is 9.53 Å². The Morgan fingerprint density at radius 3 is 2.41 bits per heavy atom. The molecule has 1 aliphatic rings. The Bertz CT molecular complexity index is 870. The molecule has 6 heteroatoms. The Hall–Kier alpha value is -2.34. The first-order valence-electron chi connectivity index (χ1n) is 15.3. The second kappa shape index (κ2) is 19.7. The molecule has 2 amide bonds. The average molecular weight is 547 g/mol. The van der Waals surface area contributed by atoms with Gasteiger partial charge in [-0.05, 0) is 80.5 Å². The van der Waals surface area contributed by atoms with Crippen LogP contribution in [0.1, 0.15) is 110 Å². The van der Waals surface area contributed by atoms with E-state index < -0.39 is 0 Å². The molecule has 0 saturated heterocycles. The molecule has 0 heterocycles. The summed E-state index contributed by atoms with van der Waals surface area (Å²) in [5, 5.41) is 3.13. The van der Waals surface area contributed by atoms with Crippen molar-refractivity contribution in [2.45, 2.75) is 99.0 Å². The first-order valence-corrected chi connectivity index (χ1v) is 15.3. The monoisotopic (exact) mass is 546 g/mol. The van der Waals surface area contributed by atoms with Crippen molar-refractivity contribution in [3.63, 3.8) is 0 Å². The lowest BCUT2D eigenvalue weighted by atomic mass is 9.89. The Kier molecular flexibility index (Phi) is 17.5. The van der Waals surface area contributed by atoms with E-state index in [9.17, 15) is 9.59 Å². The van der Waals surface area contributed by atoms with Crippen LogP contribution in [0.2, 0.25) is 0 Å². The summed E-state index contributed by atoms with van der Waals surface area (Å²) < 4.78 is 10.6. The number of unbranched alkanes of at least 4 members (excludes halogenated alkanes) is 1. The predicted molar refractivity (Wildman–Crippen MR) is 165 cm³/mol. The fourth-order valence-electron chi connectivity index (χ4n) is 4.61. The molecule has 0 aromatic heterocycles. The van der Waals surface area contributed by atoms with Crippen LogP contribution in [0.15, 0.2) is 24.3 Å². The van der Waals surface area contributed by atoms with Gasteiger partial charge in [0.05, 0.1) is 7.11 Å². The number of rotatable bonds is 18. The summed E-state index contributed by atoms with van der Waals surface area (Å²) in [5.41, 5.74) is 1.63. The van der Waals surface area contributed by atoms with E-state index in [-0.39, 0.29) is 25.1 Å². The number of amides is 2. The minimum atomic E-state index is -0.0139. The van der Waals surface area contributed by atoms with Gasteiger partial charge in [0.2, 0.25) is 5.91 Å². The predicted octanol–water partition coefficient (Wildman–Crippen LogP) is 7.62. The number of hydrogen-bond donors (Lipinski definition) is 1. The van der Waals surface area contributed by atoms with E-state index in [0.29, 0.717) is 29.8 Å². The second-order valence-electron chi connectivity index (χ2n) is 10.8. The molecule has 0 radical (unpaired) electrons. The highest BCUT2D eigenvalue weighted by Gasteiger charge is 2.35. The fourth-order valence-corrected chi connectivity index (χ4v) is 4.61. The van der Waals surface area contributed by atoms with Crippen LogP contribution in [0, 0.1) is 17.8 Å². The maximum Gasteiger partial charge on any atom is 0.254 e. The van der Waals surface area contributed by atoms with Crippen LogP contribution >= 0.6 is 0 Å². The van der Waals surface area contributed by atoms with Gasteiger partial charge in [-0.25, -0.2) is 0 Å². The summed E-state index contributed by atoms with van der Waals surface area (Å²) in [6, 6.07) is 6.06. The molecule has 0 bridgehead atoms. The standard InChI is InChI=1S/C31H50N2O4.C2H6.H2/c1-7-24(18-26(8-2)30(34)32-16-15-23(3)4)22-33(28-13-14-28)31(35)27-19-25(20-29(21-27)37-6)12-10-9-11-17-36-5;1-2;/h10,12,19-21,23-24,26,28H,7-9,11,13-18,22H2,1-6H3,(H,32,34);1-2H3;1H/b12-10-;;/t24-,26-;;/m1../s1. The number of nitrogens with zero attached hydrogens (tertiary/aromatic N) is 1. The number of nitrogens with one attached hydrogen (secondary N) is 1. The molecule has 1 fully saturated rings. The van der Waals surface area contributed by atoms with Crippen LogP contribution in [-0.4, -0.2) is 56.7 Å². The molecule has 0 aliphatic heterocycles. The van der Waals surface area contributed by atoms with E-state index in [1.807, 2.05) is 32.0 Å². The van der Waals surface area contributed by atoms with E-state index in [1.54, 1.807) is 14.2 Å². The van der Waals surface area contributed by atoms with Crippen molar-refractivity contribution in [1.82, 2.24) is 10.2 Å². The first-order chi connectivity index (χ1) is 18.8. The van der Waals surface area contributed by atoms with Crippen LogP contribution in [0.4, 0.5) is 0 Å². The smallest absolute Gasteiger partial charge is 0.254 e. The number of carbonyl (C=O) groups is 2. The lowest BCUT2D eigenvalue weighted by Crippen LogP contribution is -2.39. The Morgan fingerprint density at radius 1 is 1.13 bits per heavy atom. The molecular weight excluding hydrogens is 488 g/mol. The van der Waals surface area contributed by atoms with Gasteiger partial charge in [-0.2, -0.15) is 0 Å². The molecule has 1 saturated carbocycles. The van der Waals surface area contributed by atoms with E-state index in [2.05, 4.69) is 50.1 Å². The zero-order valence-corrected chi connectivity index (χ0v) is 26.1. The van der Waals surface area contributed by atoms with Gasteiger partial charge in [0.15, 0.2) is 0 Å². The third-order valence-corrected chi connectivity index (χ3v) is 7.22. The molecular formula is C33H58N2O4.